The Morgan fingerprint density at radius 2 is 2.46 bits per heavy atom. The highest BCUT2D eigenvalue weighted by Crippen LogP contribution is 2.09. The molecule has 0 aromatic heterocycles. The molecule has 1 rings (SSSR count). The van der Waals surface area contributed by atoms with Gasteiger partial charge >= 0.3 is 0 Å². The van der Waals surface area contributed by atoms with Crippen LogP contribution in [0.2, 0.25) is 0 Å². The molecular formula is C9H13NO3. The monoisotopic (exact) mass is 183 g/mol. The second kappa shape index (κ2) is 4.79. The fourth-order valence-corrected chi connectivity index (χ4v) is 0.743. The van der Waals surface area contributed by atoms with E-state index in [0.29, 0.717) is 6.61 Å². The van der Waals surface area contributed by atoms with Crippen LogP contribution in [-0.2, 0) is 14.3 Å². The van der Waals surface area contributed by atoms with Gasteiger partial charge in [0.2, 0.25) is 5.91 Å². The van der Waals surface area contributed by atoms with Crippen LogP contribution < -0.4 is 5.32 Å². The average molecular weight is 183 g/mol. The Morgan fingerprint density at radius 1 is 1.77 bits per heavy atom. The van der Waals surface area contributed by atoms with Gasteiger partial charge in [-0.1, -0.05) is 13.2 Å². The maximum atomic E-state index is 10.9. The highest BCUT2D eigenvalue weighted by atomic mass is 16.6. The molecule has 0 aliphatic carbocycles. The summed E-state index contributed by atoms with van der Waals surface area (Å²) in [4.78, 5) is 10.9. The van der Waals surface area contributed by atoms with E-state index in [-0.39, 0.29) is 12.0 Å². The molecule has 2 unspecified atom stereocenters. The molecule has 0 spiro atoms. The number of ether oxygens (including phenoxy) is 2. The van der Waals surface area contributed by atoms with Gasteiger partial charge in [-0.15, -0.1) is 0 Å². The molecule has 0 saturated carbocycles. The van der Waals surface area contributed by atoms with Crippen molar-refractivity contribution < 1.29 is 14.3 Å². The average Bonchev–Trinajstić information content (AvgIpc) is 2.95. The highest BCUT2D eigenvalue weighted by molar-refractivity contribution is 5.87. The first-order valence-corrected chi connectivity index (χ1v) is 4.05. The summed E-state index contributed by atoms with van der Waals surface area (Å²) < 4.78 is 10.2. The van der Waals surface area contributed by atoms with E-state index in [2.05, 4.69) is 18.5 Å². The highest BCUT2D eigenvalue weighted by Gasteiger charge is 2.23. The van der Waals surface area contributed by atoms with Crippen LogP contribution in [0.15, 0.2) is 25.3 Å². The van der Waals surface area contributed by atoms with Crippen LogP contribution in [0, 0.1) is 0 Å². The minimum absolute atomic E-state index is 0.183. The van der Waals surface area contributed by atoms with Gasteiger partial charge in [0.15, 0.2) is 0 Å². The Kier molecular flexibility index (Phi) is 3.67. The molecule has 4 nitrogen and oxygen atoms in total. The van der Waals surface area contributed by atoms with E-state index < -0.39 is 6.23 Å². The zero-order valence-corrected chi connectivity index (χ0v) is 7.36. The Hall–Kier alpha value is -1.13. The molecule has 72 valence electrons. The van der Waals surface area contributed by atoms with Crippen molar-refractivity contribution in [1.82, 2.24) is 5.32 Å². The zero-order valence-electron chi connectivity index (χ0n) is 7.36. The molecule has 13 heavy (non-hydrogen) atoms. The summed E-state index contributed by atoms with van der Waals surface area (Å²) in [6.45, 7) is 8.08. The summed E-state index contributed by atoms with van der Waals surface area (Å²) in [5, 5.41) is 2.55. The molecule has 1 heterocycles. The fraction of sp³-hybridized carbons (Fsp3) is 0.444. The van der Waals surface area contributed by atoms with Gasteiger partial charge in [0.05, 0.1) is 13.2 Å². The van der Waals surface area contributed by atoms with Crippen LogP contribution in [0.1, 0.15) is 0 Å². The van der Waals surface area contributed by atoms with Crippen molar-refractivity contribution in [2.24, 2.45) is 0 Å². The van der Waals surface area contributed by atoms with E-state index in [1.54, 1.807) is 0 Å². The maximum Gasteiger partial charge on any atom is 0.245 e. The maximum absolute atomic E-state index is 10.9. The molecule has 4 heteroatoms. The third-order valence-corrected chi connectivity index (χ3v) is 1.55. The first kappa shape index (κ1) is 9.95. The van der Waals surface area contributed by atoms with Crippen LogP contribution in [0.5, 0.6) is 0 Å². The molecule has 1 aliphatic rings. The smallest absolute Gasteiger partial charge is 0.245 e. The van der Waals surface area contributed by atoms with Gasteiger partial charge in [-0.05, 0) is 12.2 Å². The number of amides is 1. The number of rotatable bonds is 6. The number of hydrogen-bond acceptors (Lipinski definition) is 3. The van der Waals surface area contributed by atoms with E-state index in [4.69, 9.17) is 9.47 Å². The van der Waals surface area contributed by atoms with Crippen LogP contribution in [0.25, 0.3) is 0 Å². The van der Waals surface area contributed by atoms with Crippen molar-refractivity contribution in [2.45, 2.75) is 12.3 Å². The Balaban J connectivity index is 2.19. The standard InChI is InChI=1S/C9H13NO3/c1-3-8(11)10-9(4-2)13-6-7-5-12-7/h3-4,7,9H,1-2,5-6H2,(H,10,11). The predicted molar refractivity (Wildman–Crippen MR) is 48.0 cm³/mol. The number of carbonyl (C=O) groups excluding carboxylic acids is 1. The zero-order chi connectivity index (χ0) is 9.68. The predicted octanol–water partition coefficient (Wildman–Crippen LogP) is 0.216. The first-order valence-electron chi connectivity index (χ1n) is 4.05. The van der Waals surface area contributed by atoms with E-state index >= 15 is 0 Å². The molecule has 0 aromatic rings. The van der Waals surface area contributed by atoms with Crippen molar-refractivity contribution in [3.63, 3.8) is 0 Å². The minimum Gasteiger partial charge on any atom is -0.371 e. The lowest BCUT2D eigenvalue weighted by Crippen LogP contribution is -2.34. The van der Waals surface area contributed by atoms with Crippen LogP contribution in [-0.4, -0.2) is 31.5 Å². The van der Waals surface area contributed by atoms with Crippen molar-refractivity contribution in [3.8, 4) is 0 Å². The van der Waals surface area contributed by atoms with Gasteiger partial charge in [0.25, 0.3) is 0 Å². The number of carbonyl (C=O) groups is 1. The second-order valence-electron chi connectivity index (χ2n) is 2.66. The summed E-state index contributed by atoms with van der Waals surface area (Å²) in [5.41, 5.74) is 0. The lowest BCUT2D eigenvalue weighted by atomic mass is 10.4. The molecule has 1 saturated heterocycles. The summed E-state index contributed by atoms with van der Waals surface area (Å²) in [7, 11) is 0. The lowest BCUT2D eigenvalue weighted by Gasteiger charge is -2.13. The summed E-state index contributed by atoms with van der Waals surface area (Å²) >= 11 is 0. The van der Waals surface area contributed by atoms with Gasteiger partial charge < -0.3 is 14.8 Å². The van der Waals surface area contributed by atoms with Gasteiger partial charge in [-0.3, -0.25) is 4.79 Å². The largest absolute Gasteiger partial charge is 0.371 e. The third-order valence-electron chi connectivity index (χ3n) is 1.55. The minimum atomic E-state index is -0.463. The van der Waals surface area contributed by atoms with E-state index in [0.717, 1.165) is 6.61 Å². The van der Waals surface area contributed by atoms with Crippen LogP contribution in [0.3, 0.4) is 0 Å². The summed E-state index contributed by atoms with van der Waals surface area (Å²) in [6, 6.07) is 0. The van der Waals surface area contributed by atoms with Crippen molar-refractivity contribution in [1.29, 1.82) is 0 Å². The van der Waals surface area contributed by atoms with Crippen LogP contribution >= 0.6 is 0 Å². The van der Waals surface area contributed by atoms with Crippen molar-refractivity contribution in [3.05, 3.63) is 25.3 Å². The Morgan fingerprint density at radius 3 is 2.92 bits per heavy atom. The molecule has 0 radical (unpaired) electrons. The number of hydrogen-bond donors (Lipinski definition) is 1. The normalized spacial score (nSPS) is 21.7. The number of nitrogens with one attached hydrogen (secondary N) is 1. The Bertz CT molecular complexity index is 211. The molecule has 1 amide bonds. The van der Waals surface area contributed by atoms with Gasteiger partial charge in [-0.25, -0.2) is 0 Å². The topological polar surface area (TPSA) is 50.9 Å². The van der Waals surface area contributed by atoms with E-state index in [1.165, 1.54) is 12.2 Å². The van der Waals surface area contributed by atoms with E-state index in [9.17, 15) is 4.79 Å². The SMILES string of the molecule is C=CC(=O)NC(C=C)OCC1CO1. The molecule has 0 aromatic carbocycles. The fourth-order valence-electron chi connectivity index (χ4n) is 0.743. The summed E-state index contributed by atoms with van der Waals surface area (Å²) in [6.07, 6.45) is 2.43. The molecule has 1 fully saturated rings. The lowest BCUT2D eigenvalue weighted by molar-refractivity contribution is -0.119. The molecule has 1 aliphatic heterocycles. The van der Waals surface area contributed by atoms with Gasteiger partial charge in [-0.2, -0.15) is 0 Å². The van der Waals surface area contributed by atoms with Crippen molar-refractivity contribution >= 4 is 5.91 Å². The third kappa shape index (κ3) is 3.87. The quantitative estimate of drug-likeness (QED) is 0.277. The van der Waals surface area contributed by atoms with Gasteiger partial charge in [0, 0.05) is 0 Å². The van der Waals surface area contributed by atoms with E-state index in [1.807, 2.05) is 0 Å². The van der Waals surface area contributed by atoms with Crippen molar-refractivity contribution in [2.75, 3.05) is 13.2 Å². The Labute approximate surface area is 77.2 Å². The van der Waals surface area contributed by atoms with Crippen LogP contribution in [0.4, 0.5) is 0 Å². The second-order valence-corrected chi connectivity index (χ2v) is 2.66. The molecular weight excluding hydrogens is 170 g/mol. The molecule has 1 N–H and O–H groups in total. The molecule has 0 bridgehead atoms. The summed E-state index contributed by atoms with van der Waals surface area (Å²) in [5.74, 6) is -0.276. The van der Waals surface area contributed by atoms with Gasteiger partial charge in [0.1, 0.15) is 12.3 Å². The number of epoxide rings is 1. The molecule has 2 atom stereocenters. The first-order chi connectivity index (χ1) is 6.26.